The molecular weight excluding hydrogens is 365 g/mol. The van der Waals surface area contributed by atoms with Gasteiger partial charge in [-0.15, -0.1) is 0 Å². The van der Waals surface area contributed by atoms with Crippen LogP contribution in [0.1, 0.15) is 31.2 Å². The van der Waals surface area contributed by atoms with Crippen LogP contribution in [0.2, 0.25) is 0 Å². The number of aryl methyl sites for hydroxylation is 1. The molecule has 142 valence electrons. The fraction of sp³-hybridized carbons (Fsp3) is 0.533. The van der Waals surface area contributed by atoms with E-state index in [1.165, 1.54) is 24.3 Å². The van der Waals surface area contributed by atoms with Crippen molar-refractivity contribution >= 4 is 16.1 Å². The molecule has 10 heteroatoms. The number of aliphatic hydroxyl groups is 1. The Labute approximate surface area is 143 Å². The molecule has 0 aliphatic carbocycles. The zero-order valence-electron chi connectivity index (χ0n) is 13.4. The molecule has 25 heavy (non-hydrogen) atoms. The van der Waals surface area contributed by atoms with Gasteiger partial charge in [0, 0.05) is 6.42 Å². The number of halogens is 3. The number of aliphatic carboxylic acids is 1. The van der Waals surface area contributed by atoms with Gasteiger partial charge in [-0.3, -0.25) is 8.98 Å². The number of alkyl halides is 3. The van der Waals surface area contributed by atoms with Crippen molar-refractivity contribution in [2.75, 3.05) is 6.61 Å². The molecular formula is C15H19F3O6S. The number of carboxylic acid groups (broad SMARTS) is 1. The molecule has 0 heterocycles. The van der Waals surface area contributed by atoms with Crippen LogP contribution in [0.5, 0.6) is 0 Å². The molecule has 1 unspecified atom stereocenters. The van der Waals surface area contributed by atoms with Crippen LogP contribution < -0.4 is 0 Å². The highest BCUT2D eigenvalue weighted by molar-refractivity contribution is 7.86. The molecule has 1 atom stereocenters. The van der Waals surface area contributed by atoms with E-state index in [9.17, 15) is 31.5 Å². The number of benzene rings is 1. The lowest BCUT2D eigenvalue weighted by Gasteiger charge is -2.29. The maximum absolute atomic E-state index is 13.1. The van der Waals surface area contributed by atoms with Crippen LogP contribution in [0.4, 0.5) is 13.2 Å². The normalized spacial score (nSPS) is 14.9. The molecule has 0 saturated heterocycles. The number of unbranched alkanes of at least 4 members (excludes halogenated alkanes) is 1. The number of carboxylic acids is 1. The van der Waals surface area contributed by atoms with Crippen molar-refractivity contribution in [3.8, 4) is 0 Å². The van der Waals surface area contributed by atoms with Gasteiger partial charge >= 0.3 is 12.1 Å². The van der Waals surface area contributed by atoms with Gasteiger partial charge < -0.3 is 10.2 Å². The van der Waals surface area contributed by atoms with Crippen LogP contribution in [0.3, 0.4) is 0 Å². The molecule has 0 spiro atoms. The maximum Gasteiger partial charge on any atom is 0.419 e. The first-order valence-corrected chi connectivity index (χ1v) is 8.75. The topological polar surface area (TPSA) is 101 Å². The lowest BCUT2D eigenvalue weighted by Crippen LogP contribution is -2.49. The van der Waals surface area contributed by atoms with E-state index in [4.69, 9.17) is 5.11 Å². The summed E-state index contributed by atoms with van der Waals surface area (Å²) in [4.78, 5) is 10.0. The Hall–Kier alpha value is -1.65. The van der Waals surface area contributed by atoms with Gasteiger partial charge in [-0.1, -0.05) is 17.7 Å². The van der Waals surface area contributed by atoms with Crippen molar-refractivity contribution < 1.29 is 40.8 Å². The summed E-state index contributed by atoms with van der Waals surface area (Å²) in [5.41, 5.74) is -2.63. The molecule has 1 rings (SSSR count). The standard InChI is InChI=1S/C15H19F3O6S/c1-11-5-7-12(8-6-11)25(22,23)24-10-14(21,15(16,17)18)9-3-2-4-13(19)20/h5-8,21H,2-4,9-10H2,1H3,(H,19,20). The molecule has 0 bridgehead atoms. The summed E-state index contributed by atoms with van der Waals surface area (Å²) >= 11 is 0. The van der Waals surface area contributed by atoms with E-state index in [-0.39, 0.29) is 24.2 Å². The largest absolute Gasteiger partial charge is 0.481 e. The van der Waals surface area contributed by atoms with Crippen molar-refractivity contribution in [2.24, 2.45) is 0 Å². The summed E-state index contributed by atoms with van der Waals surface area (Å²) in [7, 11) is -4.47. The fourth-order valence-electron chi connectivity index (χ4n) is 1.94. The van der Waals surface area contributed by atoms with E-state index in [0.29, 0.717) is 0 Å². The molecule has 0 aliphatic rings. The molecule has 0 saturated carbocycles. The van der Waals surface area contributed by atoms with E-state index < -0.39 is 40.9 Å². The van der Waals surface area contributed by atoms with Crippen LogP contribution in [-0.4, -0.2) is 43.0 Å². The fourth-order valence-corrected chi connectivity index (χ4v) is 2.89. The molecule has 0 aromatic heterocycles. The quantitative estimate of drug-likeness (QED) is 0.501. The van der Waals surface area contributed by atoms with Crippen LogP contribution in [0, 0.1) is 6.92 Å². The highest BCUT2D eigenvalue weighted by Crippen LogP contribution is 2.35. The van der Waals surface area contributed by atoms with Crippen molar-refractivity contribution in [1.29, 1.82) is 0 Å². The van der Waals surface area contributed by atoms with Crippen LogP contribution in [0.15, 0.2) is 29.2 Å². The van der Waals surface area contributed by atoms with Gasteiger partial charge in [0.2, 0.25) is 0 Å². The number of hydrogen-bond donors (Lipinski definition) is 2. The average Bonchev–Trinajstić information content (AvgIpc) is 2.49. The summed E-state index contributed by atoms with van der Waals surface area (Å²) in [5, 5.41) is 18.3. The summed E-state index contributed by atoms with van der Waals surface area (Å²) in [5.74, 6) is -1.17. The zero-order valence-corrected chi connectivity index (χ0v) is 14.2. The van der Waals surface area contributed by atoms with Gasteiger partial charge in [-0.25, -0.2) is 0 Å². The van der Waals surface area contributed by atoms with Crippen molar-refractivity contribution in [3.63, 3.8) is 0 Å². The average molecular weight is 384 g/mol. The van der Waals surface area contributed by atoms with Crippen LogP contribution >= 0.6 is 0 Å². The molecule has 0 radical (unpaired) electrons. The molecule has 0 fully saturated rings. The highest BCUT2D eigenvalue weighted by Gasteiger charge is 2.54. The van der Waals surface area contributed by atoms with E-state index in [0.717, 1.165) is 5.56 Å². The van der Waals surface area contributed by atoms with E-state index in [2.05, 4.69) is 4.18 Å². The third-order valence-electron chi connectivity index (χ3n) is 3.52. The van der Waals surface area contributed by atoms with Crippen molar-refractivity contribution in [3.05, 3.63) is 29.8 Å². The molecule has 2 N–H and O–H groups in total. The van der Waals surface area contributed by atoms with Crippen LogP contribution in [0.25, 0.3) is 0 Å². The zero-order chi connectivity index (χ0) is 19.3. The minimum atomic E-state index is -5.13. The van der Waals surface area contributed by atoms with Gasteiger partial charge in [0.1, 0.15) is 6.61 Å². The first-order valence-electron chi connectivity index (χ1n) is 7.34. The van der Waals surface area contributed by atoms with Crippen LogP contribution in [-0.2, 0) is 19.1 Å². The van der Waals surface area contributed by atoms with Gasteiger partial charge in [0.15, 0.2) is 5.60 Å². The Morgan fingerprint density at radius 1 is 1.16 bits per heavy atom. The number of rotatable bonds is 9. The minimum Gasteiger partial charge on any atom is -0.481 e. The molecule has 6 nitrogen and oxygen atoms in total. The van der Waals surface area contributed by atoms with Gasteiger partial charge in [-0.05, 0) is 38.3 Å². The third kappa shape index (κ3) is 6.29. The number of carbonyl (C=O) groups is 1. The Morgan fingerprint density at radius 3 is 2.20 bits per heavy atom. The third-order valence-corrected chi connectivity index (χ3v) is 4.80. The lowest BCUT2D eigenvalue weighted by molar-refractivity contribution is -0.270. The Morgan fingerprint density at radius 2 is 1.72 bits per heavy atom. The summed E-state index contributed by atoms with van der Waals surface area (Å²) in [6, 6.07) is 5.28. The maximum atomic E-state index is 13.1. The SMILES string of the molecule is Cc1ccc(S(=O)(=O)OCC(O)(CCCCC(=O)O)C(F)(F)F)cc1. The van der Waals surface area contributed by atoms with E-state index >= 15 is 0 Å². The molecule has 0 aliphatic heterocycles. The Kier molecular flexibility index (Phi) is 6.98. The van der Waals surface area contributed by atoms with E-state index in [1.54, 1.807) is 6.92 Å². The molecule has 1 aromatic carbocycles. The lowest BCUT2D eigenvalue weighted by atomic mass is 9.96. The molecule has 0 amide bonds. The smallest absolute Gasteiger partial charge is 0.419 e. The first-order chi connectivity index (χ1) is 11.4. The predicted octanol–water partition coefficient (Wildman–Crippen LogP) is 2.64. The number of hydrogen-bond acceptors (Lipinski definition) is 5. The second kappa shape index (κ2) is 8.15. The van der Waals surface area contributed by atoms with Crippen molar-refractivity contribution in [2.45, 2.75) is 49.3 Å². The summed E-state index contributed by atoms with van der Waals surface area (Å²) in [6.07, 6.45) is -6.68. The Balaban J connectivity index is 2.81. The summed E-state index contributed by atoms with van der Waals surface area (Å²) < 4.78 is 67.6. The van der Waals surface area contributed by atoms with Crippen molar-refractivity contribution in [1.82, 2.24) is 0 Å². The van der Waals surface area contributed by atoms with Gasteiger partial charge in [0.05, 0.1) is 4.90 Å². The predicted molar refractivity (Wildman–Crippen MR) is 81.4 cm³/mol. The highest BCUT2D eigenvalue weighted by atomic mass is 32.2. The monoisotopic (exact) mass is 384 g/mol. The summed E-state index contributed by atoms with van der Waals surface area (Å²) in [6.45, 7) is 0.205. The second-order valence-electron chi connectivity index (χ2n) is 5.66. The second-order valence-corrected chi connectivity index (χ2v) is 7.27. The van der Waals surface area contributed by atoms with Gasteiger partial charge in [-0.2, -0.15) is 21.6 Å². The van der Waals surface area contributed by atoms with E-state index in [1.807, 2.05) is 0 Å². The minimum absolute atomic E-state index is 0.0849. The molecule has 1 aromatic rings. The first kappa shape index (κ1) is 21.4. The van der Waals surface area contributed by atoms with Gasteiger partial charge in [0.25, 0.3) is 10.1 Å². The Bertz CT molecular complexity index is 684.